The molecule has 1 atom stereocenters. The summed E-state index contributed by atoms with van der Waals surface area (Å²) in [5.41, 5.74) is -1.34. The summed E-state index contributed by atoms with van der Waals surface area (Å²) < 4.78 is 32.6. The highest BCUT2D eigenvalue weighted by atomic mass is 32.2. The minimum atomic E-state index is -3.87. The molecule has 1 aromatic heterocycles. The number of carbonyl (C=O) groups is 1. The van der Waals surface area contributed by atoms with Gasteiger partial charge in [0.1, 0.15) is 16.2 Å². The fourth-order valence-corrected chi connectivity index (χ4v) is 3.13. The fraction of sp³-hybridized carbons (Fsp3) is 0.545. The van der Waals surface area contributed by atoms with Crippen molar-refractivity contribution in [3.8, 4) is 0 Å². The van der Waals surface area contributed by atoms with Gasteiger partial charge in [-0.05, 0) is 6.07 Å². The predicted molar refractivity (Wildman–Crippen MR) is 67.9 cm³/mol. The van der Waals surface area contributed by atoms with Gasteiger partial charge in [0.25, 0.3) is 0 Å². The molecule has 0 spiro atoms. The van der Waals surface area contributed by atoms with Crippen molar-refractivity contribution in [2.24, 2.45) is 7.05 Å². The van der Waals surface area contributed by atoms with Crippen LogP contribution in [0.2, 0.25) is 0 Å². The largest absolute Gasteiger partial charge is 0.477 e. The molecule has 1 unspecified atom stereocenters. The molecular formula is C11H16N2O6S. The number of ether oxygens (including phenoxy) is 1. The van der Waals surface area contributed by atoms with Crippen LogP contribution in [0, 0.1) is 0 Å². The van der Waals surface area contributed by atoms with Crippen LogP contribution in [-0.4, -0.2) is 54.5 Å². The summed E-state index contributed by atoms with van der Waals surface area (Å²) in [7, 11) is -2.43. The number of nitrogens with zero attached hydrogens (tertiary/aromatic N) is 1. The SMILES string of the molecule is Cn1cc(S(=O)(=O)NCC2(O)CCOC2)cc1C(=O)O. The second-order valence-electron chi connectivity index (χ2n) is 4.83. The molecule has 1 aliphatic rings. The Morgan fingerprint density at radius 1 is 1.60 bits per heavy atom. The number of aromatic nitrogens is 1. The van der Waals surface area contributed by atoms with E-state index in [1.165, 1.54) is 17.8 Å². The molecule has 0 amide bonds. The Morgan fingerprint density at radius 3 is 2.80 bits per heavy atom. The third kappa shape index (κ3) is 3.01. The van der Waals surface area contributed by atoms with E-state index in [1.807, 2.05) is 0 Å². The van der Waals surface area contributed by atoms with Crippen molar-refractivity contribution in [3.05, 3.63) is 18.0 Å². The van der Waals surface area contributed by atoms with E-state index in [-0.39, 0.29) is 23.7 Å². The lowest BCUT2D eigenvalue weighted by atomic mass is 10.1. The third-order valence-corrected chi connectivity index (χ3v) is 4.55. The second kappa shape index (κ2) is 5.17. The highest BCUT2D eigenvalue weighted by Crippen LogP contribution is 2.19. The molecule has 9 heteroatoms. The van der Waals surface area contributed by atoms with Crippen LogP contribution in [-0.2, 0) is 21.8 Å². The first kappa shape index (κ1) is 15.0. The van der Waals surface area contributed by atoms with Gasteiger partial charge in [-0.2, -0.15) is 0 Å². The van der Waals surface area contributed by atoms with Crippen LogP contribution < -0.4 is 4.72 Å². The summed E-state index contributed by atoms with van der Waals surface area (Å²) in [6, 6.07) is 1.07. The van der Waals surface area contributed by atoms with Crippen molar-refractivity contribution in [3.63, 3.8) is 0 Å². The second-order valence-corrected chi connectivity index (χ2v) is 6.60. The lowest BCUT2D eigenvalue weighted by Crippen LogP contribution is -2.43. The van der Waals surface area contributed by atoms with Gasteiger partial charge in [0.05, 0.1) is 6.61 Å². The molecule has 0 aromatic carbocycles. The van der Waals surface area contributed by atoms with Gasteiger partial charge >= 0.3 is 5.97 Å². The number of aryl methyl sites for hydroxylation is 1. The van der Waals surface area contributed by atoms with Crippen LogP contribution >= 0.6 is 0 Å². The van der Waals surface area contributed by atoms with E-state index < -0.39 is 21.6 Å². The number of aliphatic hydroxyl groups is 1. The first-order chi connectivity index (χ1) is 9.23. The van der Waals surface area contributed by atoms with Crippen LogP contribution in [0.5, 0.6) is 0 Å². The number of nitrogens with one attached hydrogen (secondary N) is 1. The molecule has 1 aromatic rings. The maximum atomic E-state index is 12.0. The van der Waals surface area contributed by atoms with Crippen molar-refractivity contribution in [1.82, 2.24) is 9.29 Å². The van der Waals surface area contributed by atoms with Gasteiger partial charge in [0.15, 0.2) is 0 Å². The van der Waals surface area contributed by atoms with Crippen LogP contribution in [0.25, 0.3) is 0 Å². The summed E-state index contributed by atoms with van der Waals surface area (Å²) in [4.78, 5) is 10.7. The predicted octanol–water partition coefficient (Wildman–Crippen LogP) is -0.847. The fourth-order valence-electron chi connectivity index (χ4n) is 1.94. The molecule has 0 saturated carbocycles. The van der Waals surface area contributed by atoms with E-state index in [0.29, 0.717) is 13.0 Å². The lowest BCUT2D eigenvalue weighted by molar-refractivity contribution is 0.0314. The highest BCUT2D eigenvalue weighted by molar-refractivity contribution is 7.89. The molecule has 0 aliphatic carbocycles. The van der Waals surface area contributed by atoms with Gasteiger partial charge < -0.3 is 19.5 Å². The number of hydrogen-bond donors (Lipinski definition) is 3. The molecule has 1 saturated heterocycles. The zero-order valence-electron chi connectivity index (χ0n) is 10.9. The number of aromatic carboxylic acids is 1. The van der Waals surface area contributed by atoms with Crippen molar-refractivity contribution in [2.75, 3.05) is 19.8 Å². The van der Waals surface area contributed by atoms with Crippen LogP contribution in [0.4, 0.5) is 0 Å². The van der Waals surface area contributed by atoms with Gasteiger partial charge in [-0.15, -0.1) is 0 Å². The van der Waals surface area contributed by atoms with Gasteiger partial charge in [-0.25, -0.2) is 17.9 Å². The number of sulfonamides is 1. The van der Waals surface area contributed by atoms with Gasteiger partial charge in [-0.1, -0.05) is 0 Å². The number of hydrogen-bond acceptors (Lipinski definition) is 5. The Labute approximate surface area is 116 Å². The Balaban J connectivity index is 2.14. The van der Waals surface area contributed by atoms with Gasteiger partial charge in [0.2, 0.25) is 10.0 Å². The maximum Gasteiger partial charge on any atom is 0.352 e. The Kier molecular flexibility index (Phi) is 3.87. The molecule has 0 radical (unpaired) electrons. The smallest absolute Gasteiger partial charge is 0.352 e. The molecule has 20 heavy (non-hydrogen) atoms. The van der Waals surface area contributed by atoms with Crippen LogP contribution in [0.1, 0.15) is 16.9 Å². The average molecular weight is 304 g/mol. The molecule has 8 nitrogen and oxygen atoms in total. The minimum absolute atomic E-state index is 0.0741. The normalized spacial score (nSPS) is 23.1. The monoisotopic (exact) mass is 304 g/mol. The van der Waals surface area contributed by atoms with Crippen molar-refractivity contribution in [1.29, 1.82) is 0 Å². The Bertz CT molecular complexity index is 615. The molecule has 0 bridgehead atoms. The Hall–Kier alpha value is -1.42. The van der Waals surface area contributed by atoms with E-state index in [4.69, 9.17) is 9.84 Å². The van der Waals surface area contributed by atoms with Gasteiger partial charge in [0, 0.05) is 32.8 Å². The lowest BCUT2D eigenvalue weighted by Gasteiger charge is -2.20. The van der Waals surface area contributed by atoms with Crippen molar-refractivity contribution in [2.45, 2.75) is 16.9 Å². The van der Waals surface area contributed by atoms with E-state index in [2.05, 4.69) is 4.72 Å². The quantitative estimate of drug-likeness (QED) is 0.652. The standard InChI is InChI=1S/C11H16N2O6S/c1-13-5-8(4-9(13)10(14)15)20(17,18)12-6-11(16)2-3-19-7-11/h4-5,12,16H,2-3,6-7H2,1H3,(H,14,15). The van der Waals surface area contributed by atoms with Crippen molar-refractivity contribution < 1.29 is 28.2 Å². The highest BCUT2D eigenvalue weighted by Gasteiger charge is 2.34. The molecule has 1 aliphatic heterocycles. The first-order valence-electron chi connectivity index (χ1n) is 5.93. The molecule has 2 rings (SSSR count). The summed E-state index contributed by atoms with van der Waals surface area (Å²) in [6.07, 6.45) is 1.56. The molecular weight excluding hydrogens is 288 g/mol. The summed E-state index contributed by atoms with van der Waals surface area (Å²) in [5, 5.41) is 18.9. The topological polar surface area (TPSA) is 118 Å². The molecule has 1 fully saturated rings. The van der Waals surface area contributed by atoms with E-state index in [1.54, 1.807) is 0 Å². The molecule has 2 heterocycles. The van der Waals surface area contributed by atoms with Crippen LogP contribution in [0.3, 0.4) is 0 Å². The van der Waals surface area contributed by atoms with E-state index >= 15 is 0 Å². The van der Waals surface area contributed by atoms with Crippen LogP contribution in [0.15, 0.2) is 17.2 Å². The zero-order valence-corrected chi connectivity index (χ0v) is 11.7. The number of carboxylic acid groups (broad SMARTS) is 1. The van der Waals surface area contributed by atoms with E-state index in [9.17, 15) is 18.3 Å². The van der Waals surface area contributed by atoms with Gasteiger partial charge in [-0.3, -0.25) is 0 Å². The number of rotatable bonds is 5. The first-order valence-corrected chi connectivity index (χ1v) is 7.41. The Morgan fingerprint density at radius 2 is 2.30 bits per heavy atom. The summed E-state index contributed by atoms with van der Waals surface area (Å²) >= 11 is 0. The summed E-state index contributed by atoms with van der Waals surface area (Å²) in [6.45, 7) is 0.282. The van der Waals surface area contributed by atoms with E-state index in [0.717, 1.165) is 6.07 Å². The number of carboxylic acids is 1. The van der Waals surface area contributed by atoms with Crippen molar-refractivity contribution >= 4 is 16.0 Å². The average Bonchev–Trinajstić information content (AvgIpc) is 2.94. The zero-order chi connectivity index (χ0) is 15.0. The third-order valence-electron chi connectivity index (χ3n) is 3.18. The summed E-state index contributed by atoms with van der Waals surface area (Å²) in [5.74, 6) is -1.21. The molecule has 3 N–H and O–H groups in total. The minimum Gasteiger partial charge on any atom is -0.477 e. The molecule has 112 valence electrons. The maximum absolute atomic E-state index is 12.0.